The minimum Gasteiger partial charge on any atom is -0.507 e. The van der Waals surface area contributed by atoms with Crippen LogP contribution in [0, 0.1) is 18.3 Å². The molecule has 0 heterocycles. The molecule has 2 N–H and O–H groups in total. The zero-order valence-corrected chi connectivity index (χ0v) is 11.5. The van der Waals surface area contributed by atoms with Gasteiger partial charge >= 0.3 is 0 Å². The number of nitriles is 1. The first kappa shape index (κ1) is 14.4. The van der Waals surface area contributed by atoms with Gasteiger partial charge in [-0.1, -0.05) is 35.9 Å². The van der Waals surface area contributed by atoms with Crippen molar-refractivity contribution in [2.45, 2.75) is 6.92 Å². The van der Waals surface area contributed by atoms with Crippen molar-refractivity contribution in [3.8, 4) is 11.8 Å². The van der Waals surface area contributed by atoms with Gasteiger partial charge in [0.25, 0.3) is 5.91 Å². The molecule has 4 heteroatoms. The van der Waals surface area contributed by atoms with Crippen LogP contribution in [-0.2, 0) is 4.79 Å². The predicted molar refractivity (Wildman–Crippen MR) is 81.5 cm³/mol. The van der Waals surface area contributed by atoms with Gasteiger partial charge in [0, 0.05) is 11.3 Å². The van der Waals surface area contributed by atoms with Crippen molar-refractivity contribution in [2.75, 3.05) is 5.32 Å². The third kappa shape index (κ3) is 3.71. The zero-order valence-electron chi connectivity index (χ0n) is 11.5. The second-order valence-corrected chi connectivity index (χ2v) is 4.55. The van der Waals surface area contributed by atoms with Crippen LogP contribution in [-0.4, -0.2) is 11.0 Å². The molecule has 1 amide bonds. The van der Waals surface area contributed by atoms with E-state index in [0.717, 1.165) is 5.56 Å². The summed E-state index contributed by atoms with van der Waals surface area (Å²) in [6, 6.07) is 15.6. The van der Waals surface area contributed by atoms with E-state index in [1.807, 2.05) is 25.1 Å². The zero-order chi connectivity index (χ0) is 15.2. The van der Waals surface area contributed by atoms with Gasteiger partial charge in [0.15, 0.2) is 0 Å². The summed E-state index contributed by atoms with van der Waals surface area (Å²) in [4.78, 5) is 12.1. The number of carbonyl (C=O) groups excluding carboxylic acids is 1. The number of hydrogen-bond donors (Lipinski definition) is 2. The van der Waals surface area contributed by atoms with Crippen molar-refractivity contribution >= 4 is 17.7 Å². The third-order valence-electron chi connectivity index (χ3n) is 2.91. The van der Waals surface area contributed by atoms with Gasteiger partial charge in [-0.25, -0.2) is 0 Å². The van der Waals surface area contributed by atoms with Gasteiger partial charge < -0.3 is 10.4 Å². The summed E-state index contributed by atoms with van der Waals surface area (Å²) in [6.45, 7) is 1.95. The molecule has 21 heavy (non-hydrogen) atoms. The molecule has 0 bridgehead atoms. The number of phenolic OH excluding ortho intramolecular Hbond substituents is 1. The van der Waals surface area contributed by atoms with Crippen molar-refractivity contribution < 1.29 is 9.90 Å². The molecule has 104 valence electrons. The number of nitrogens with zero attached hydrogens (tertiary/aromatic N) is 1. The molecule has 4 nitrogen and oxygen atoms in total. The van der Waals surface area contributed by atoms with Gasteiger partial charge in [-0.15, -0.1) is 0 Å². The van der Waals surface area contributed by atoms with Crippen LogP contribution in [0.15, 0.2) is 54.1 Å². The minimum atomic E-state index is -0.510. The van der Waals surface area contributed by atoms with E-state index >= 15 is 0 Å². The lowest BCUT2D eigenvalue weighted by Gasteiger charge is -2.05. The number of phenols is 1. The van der Waals surface area contributed by atoms with Crippen molar-refractivity contribution in [1.82, 2.24) is 0 Å². The van der Waals surface area contributed by atoms with Crippen molar-refractivity contribution in [1.29, 1.82) is 5.26 Å². The second kappa shape index (κ2) is 6.40. The normalized spacial score (nSPS) is 10.8. The highest BCUT2D eigenvalue weighted by molar-refractivity contribution is 6.09. The van der Waals surface area contributed by atoms with E-state index in [1.54, 1.807) is 30.3 Å². The Bertz CT molecular complexity index is 725. The smallest absolute Gasteiger partial charge is 0.266 e. The molecule has 0 aromatic heterocycles. The number of carbonyl (C=O) groups is 1. The summed E-state index contributed by atoms with van der Waals surface area (Å²) in [5, 5.41) is 21.4. The first-order valence-electron chi connectivity index (χ1n) is 6.38. The SMILES string of the molecule is Cc1ccc(NC(=O)/C(C#N)=C/c2ccccc2O)cc1. The molecule has 0 saturated heterocycles. The molecule has 2 aromatic rings. The number of benzene rings is 2. The molecule has 2 rings (SSSR count). The van der Waals surface area contributed by atoms with Crippen LogP contribution < -0.4 is 5.32 Å². The number of rotatable bonds is 3. The highest BCUT2D eigenvalue weighted by Gasteiger charge is 2.10. The summed E-state index contributed by atoms with van der Waals surface area (Å²) in [6.07, 6.45) is 1.36. The predicted octanol–water partition coefficient (Wildman–Crippen LogP) is 3.25. The molecule has 0 spiro atoms. The van der Waals surface area contributed by atoms with Crippen LogP contribution in [0.1, 0.15) is 11.1 Å². The van der Waals surface area contributed by atoms with Crippen molar-refractivity contribution in [2.24, 2.45) is 0 Å². The highest BCUT2D eigenvalue weighted by atomic mass is 16.3. The first-order chi connectivity index (χ1) is 10.1. The van der Waals surface area contributed by atoms with E-state index in [1.165, 1.54) is 12.1 Å². The fraction of sp³-hybridized carbons (Fsp3) is 0.0588. The number of amides is 1. The quantitative estimate of drug-likeness (QED) is 0.668. The standard InChI is InChI=1S/C17H14N2O2/c1-12-6-8-15(9-7-12)19-17(21)14(11-18)10-13-4-2-3-5-16(13)20/h2-10,20H,1H3,(H,19,21)/b14-10+. The topological polar surface area (TPSA) is 73.1 Å². The maximum Gasteiger partial charge on any atom is 0.266 e. The lowest BCUT2D eigenvalue weighted by atomic mass is 10.1. The molecular weight excluding hydrogens is 264 g/mol. The number of hydrogen-bond acceptors (Lipinski definition) is 3. The van der Waals surface area contributed by atoms with Gasteiger partial charge in [-0.2, -0.15) is 5.26 Å². The minimum absolute atomic E-state index is 0.0217. The van der Waals surface area contributed by atoms with E-state index in [4.69, 9.17) is 5.26 Å². The highest BCUT2D eigenvalue weighted by Crippen LogP contribution is 2.19. The van der Waals surface area contributed by atoms with Crippen LogP contribution in [0.4, 0.5) is 5.69 Å². The molecule has 0 radical (unpaired) electrons. The largest absolute Gasteiger partial charge is 0.507 e. The Labute approximate surface area is 123 Å². The first-order valence-corrected chi connectivity index (χ1v) is 6.38. The Morgan fingerprint density at radius 3 is 2.48 bits per heavy atom. The molecule has 0 atom stereocenters. The van der Waals surface area contributed by atoms with Crippen LogP contribution in [0.2, 0.25) is 0 Å². The number of aryl methyl sites for hydroxylation is 1. The van der Waals surface area contributed by atoms with Crippen LogP contribution in [0.3, 0.4) is 0 Å². The molecule has 0 unspecified atom stereocenters. The monoisotopic (exact) mass is 278 g/mol. The lowest BCUT2D eigenvalue weighted by Crippen LogP contribution is -2.13. The Balaban J connectivity index is 2.22. The van der Waals surface area contributed by atoms with E-state index in [2.05, 4.69) is 5.32 Å². The Kier molecular flexibility index (Phi) is 4.37. The maximum atomic E-state index is 12.1. The summed E-state index contributed by atoms with van der Waals surface area (Å²) in [5.41, 5.74) is 2.05. The van der Waals surface area contributed by atoms with Gasteiger partial charge in [-0.05, 0) is 31.2 Å². The Hall–Kier alpha value is -3.06. The number of para-hydroxylation sites is 1. The number of nitrogens with one attached hydrogen (secondary N) is 1. The molecule has 2 aromatic carbocycles. The van der Waals surface area contributed by atoms with E-state index in [0.29, 0.717) is 11.3 Å². The lowest BCUT2D eigenvalue weighted by molar-refractivity contribution is -0.112. The average molecular weight is 278 g/mol. The molecule has 0 aliphatic heterocycles. The van der Waals surface area contributed by atoms with Gasteiger partial charge in [-0.3, -0.25) is 4.79 Å². The summed E-state index contributed by atoms with van der Waals surface area (Å²) >= 11 is 0. The summed E-state index contributed by atoms with van der Waals surface area (Å²) in [5.74, 6) is -0.488. The molecule has 0 aliphatic carbocycles. The van der Waals surface area contributed by atoms with E-state index in [9.17, 15) is 9.90 Å². The third-order valence-corrected chi connectivity index (χ3v) is 2.91. The Morgan fingerprint density at radius 1 is 1.19 bits per heavy atom. The van der Waals surface area contributed by atoms with Crippen LogP contribution >= 0.6 is 0 Å². The van der Waals surface area contributed by atoms with Gasteiger partial charge in [0.1, 0.15) is 17.4 Å². The maximum absolute atomic E-state index is 12.1. The van der Waals surface area contributed by atoms with Crippen molar-refractivity contribution in [3.63, 3.8) is 0 Å². The van der Waals surface area contributed by atoms with E-state index < -0.39 is 5.91 Å². The molecule has 0 fully saturated rings. The van der Waals surface area contributed by atoms with Gasteiger partial charge in [0.2, 0.25) is 0 Å². The molecular formula is C17H14N2O2. The van der Waals surface area contributed by atoms with Crippen molar-refractivity contribution in [3.05, 3.63) is 65.2 Å². The van der Waals surface area contributed by atoms with Crippen LogP contribution in [0.5, 0.6) is 5.75 Å². The molecule has 0 saturated carbocycles. The number of aromatic hydroxyl groups is 1. The number of anilines is 1. The molecule has 0 aliphatic rings. The van der Waals surface area contributed by atoms with E-state index in [-0.39, 0.29) is 11.3 Å². The fourth-order valence-corrected chi connectivity index (χ4v) is 1.75. The second-order valence-electron chi connectivity index (χ2n) is 4.55. The average Bonchev–Trinajstić information content (AvgIpc) is 2.48. The fourth-order valence-electron chi connectivity index (χ4n) is 1.75. The summed E-state index contributed by atoms with van der Waals surface area (Å²) < 4.78 is 0. The Morgan fingerprint density at radius 2 is 1.86 bits per heavy atom. The van der Waals surface area contributed by atoms with Gasteiger partial charge in [0.05, 0.1) is 0 Å². The van der Waals surface area contributed by atoms with Crippen LogP contribution in [0.25, 0.3) is 6.08 Å². The summed E-state index contributed by atoms with van der Waals surface area (Å²) in [7, 11) is 0.